The number of hydrogen-bond acceptors (Lipinski definition) is 4. The fourth-order valence-corrected chi connectivity index (χ4v) is 4.34. The van der Waals surface area contributed by atoms with Crippen LogP contribution in [-0.4, -0.2) is 43.7 Å². The Hall–Kier alpha value is -1.93. The molecule has 2 saturated heterocycles. The Labute approximate surface area is 135 Å². The maximum absolute atomic E-state index is 12.4. The number of amides is 2. The monoisotopic (exact) mass is 337 g/mol. The van der Waals surface area contributed by atoms with Crippen LogP contribution in [-0.2, 0) is 19.6 Å². The zero-order chi connectivity index (χ0) is 16.4. The van der Waals surface area contributed by atoms with Crippen molar-refractivity contribution in [2.75, 3.05) is 18.4 Å². The zero-order valence-corrected chi connectivity index (χ0v) is 13.4. The van der Waals surface area contributed by atoms with Gasteiger partial charge >= 0.3 is 0 Å². The van der Waals surface area contributed by atoms with Gasteiger partial charge in [0, 0.05) is 25.2 Å². The molecule has 0 radical (unpaired) electrons. The topological polar surface area (TPSA) is 95.6 Å². The highest BCUT2D eigenvalue weighted by Crippen LogP contribution is 2.22. The van der Waals surface area contributed by atoms with E-state index in [1.165, 1.54) is 16.4 Å². The fraction of sp³-hybridized carbons (Fsp3) is 0.467. The Bertz CT molecular complexity index is 709. The Morgan fingerprint density at radius 1 is 1.17 bits per heavy atom. The van der Waals surface area contributed by atoms with Crippen molar-refractivity contribution >= 4 is 27.5 Å². The Morgan fingerprint density at radius 3 is 2.39 bits per heavy atom. The molecular formula is C15H19N3O4S. The molecule has 1 aromatic carbocycles. The van der Waals surface area contributed by atoms with Crippen LogP contribution in [0.15, 0.2) is 29.2 Å². The number of nitrogens with zero attached hydrogens (tertiary/aromatic N) is 1. The van der Waals surface area contributed by atoms with Crippen LogP contribution in [0.1, 0.15) is 25.7 Å². The summed E-state index contributed by atoms with van der Waals surface area (Å²) in [6.07, 6.45) is 2.61. The molecule has 1 atom stereocenters. The van der Waals surface area contributed by atoms with E-state index >= 15 is 0 Å². The molecule has 1 aromatic rings. The first-order valence-electron chi connectivity index (χ1n) is 7.67. The molecule has 2 amide bonds. The molecular weight excluding hydrogens is 318 g/mol. The standard InChI is InChI=1S/C15H19N3O4S/c19-14-8-7-13(17-14)15(20)16-11-3-5-12(6-4-11)23(21,22)18-9-1-2-10-18/h3-6,13H,1-2,7-10H2,(H,16,20)(H,17,19). The summed E-state index contributed by atoms with van der Waals surface area (Å²) in [5.74, 6) is -0.414. The molecule has 23 heavy (non-hydrogen) atoms. The van der Waals surface area contributed by atoms with Gasteiger partial charge in [-0.3, -0.25) is 9.59 Å². The molecule has 0 aliphatic carbocycles. The maximum atomic E-state index is 12.4. The van der Waals surface area contributed by atoms with E-state index in [1.54, 1.807) is 12.1 Å². The predicted molar refractivity (Wildman–Crippen MR) is 84.2 cm³/mol. The summed E-state index contributed by atoms with van der Waals surface area (Å²) in [7, 11) is -3.44. The molecule has 7 nitrogen and oxygen atoms in total. The van der Waals surface area contributed by atoms with Crippen molar-refractivity contribution in [3.8, 4) is 0 Å². The van der Waals surface area contributed by atoms with Gasteiger partial charge in [-0.15, -0.1) is 0 Å². The third-order valence-electron chi connectivity index (χ3n) is 4.14. The molecule has 0 bridgehead atoms. The van der Waals surface area contributed by atoms with Crippen molar-refractivity contribution in [2.45, 2.75) is 36.6 Å². The minimum Gasteiger partial charge on any atom is -0.344 e. The number of rotatable bonds is 4. The van der Waals surface area contributed by atoms with Crippen molar-refractivity contribution in [1.29, 1.82) is 0 Å². The van der Waals surface area contributed by atoms with Crippen LogP contribution in [0.5, 0.6) is 0 Å². The van der Waals surface area contributed by atoms with E-state index < -0.39 is 16.1 Å². The molecule has 8 heteroatoms. The van der Waals surface area contributed by atoms with Gasteiger partial charge in [0.2, 0.25) is 21.8 Å². The van der Waals surface area contributed by atoms with Crippen molar-refractivity contribution < 1.29 is 18.0 Å². The summed E-state index contributed by atoms with van der Waals surface area (Å²) in [5.41, 5.74) is 0.511. The van der Waals surface area contributed by atoms with Crippen molar-refractivity contribution in [2.24, 2.45) is 0 Å². The largest absolute Gasteiger partial charge is 0.344 e. The van der Waals surface area contributed by atoms with E-state index in [9.17, 15) is 18.0 Å². The minimum atomic E-state index is -3.44. The van der Waals surface area contributed by atoms with E-state index in [1.807, 2.05) is 0 Å². The van der Waals surface area contributed by atoms with Crippen LogP contribution in [0.2, 0.25) is 0 Å². The molecule has 2 heterocycles. The van der Waals surface area contributed by atoms with Crippen LogP contribution in [0.4, 0.5) is 5.69 Å². The highest BCUT2D eigenvalue weighted by atomic mass is 32.2. The van der Waals surface area contributed by atoms with Crippen molar-refractivity contribution in [1.82, 2.24) is 9.62 Å². The first-order chi connectivity index (χ1) is 11.0. The number of nitrogens with one attached hydrogen (secondary N) is 2. The predicted octanol–water partition coefficient (Wildman–Crippen LogP) is 0.688. The van der Waals surface area contributed by atoms with E-state index in [0.717, 1.165) is 12.8 Å². The van der Waals surface area contributed by atoms with Gasteiger partial charge in [-0.05, 0) is 43.5 Å². The molecule has 2 aliphatic heterocycles. The molecule has 0 spiro atoms. The Balaban J connectivity index is 1.67. The lowest BCUT2D eigenvalue weighted by molar-refractivity contribution is -0.122. The van der Waals surface area contributed by atoms with E-state index in [0.29, 0.717) is 31.6 Å². The normalized spacial score (nSPS) is 22.1. The van der Waals surface area contributed by atoms with E-state index in [-0.39, 0.29) is 16.7 Å². The lowest BCUT2D eigenvalue weighted by Gasteiger charge is -2.16. The summed E-state index contributed by atoms with van der Waals surface area (Å²) in [6, 6.07) is 5.61. The first kappa shape index (κ1) is 15.9. The summed E-state index contributed by atoms with van der Waals surface area (Å²) >= 11 is 0. The number of sulfonamides is 1. The van der Waals surface area contributed by atoms with Crippen LogP contribution in [0.25, 0.3) is 0 Å². The van der Waals surface area contributed by atoms with Crippen LogP contribution >= 0.6 is 0 Å². The Morgan fingerprint density at radius 2 is 1.83 bits per heavy atom. The van der Waals surface area contributed by atoms with Crippen molar-refractivity contribution in [3.05, 3.63) is 24.3 Å². The van der Waals surface area contributed by atoms with Gasteiger partial charge in [-0.1, -0.05) is 0 Å². The lowest BCUT2D eigenvalue weighted by Crippen LogP contribution is -2.37. The van der Waals surface area contributed by atoms with Crippen LogP contribution in [0, 0.1) is 0 Å². The molecule has 2 fully saturated rings. The average Bonchev–Trinajstić information content (AvgIpc) is 3.19. The van der Waals surface area contributed by atoms with E-state index in [4.69, 9.17) is 0 Å². The van der Waals surface area contributed by atoms with E-state index in [2.05, 4.69) is 10.6 Å². The summed E-state index contributed by atoms with van der Waals surface area (Å²) in [4.78, 5) is 23.4. The Kier molecular flexibility index (Phi) is 4.36. The lowest BCUT2D eigenvalue weighted by atomic mass is 10.2. The van der Waals surface area contributed by atoms with Gasteiger partial charge in [0.25, 0.3) is 0 Å². The number of hydrogen-bond donors (Lipinski definition) is 2. The van der Waals surface area contributed by atoms with Gasteiger partial charge in [0.1, 0.15) is 6.04 Å². The number of anilines is 1. The molecule has 2 aliphatic rings. The summed E-state index contributed by atoms with van der Waals surface area (Å²) < 4.78 is 26.3. The number of carbonyl (C=O) groups is 2. The second-order valence-corrected chi connectivity index (χ2v) is 7.72. The molecule has 2 N–H and O–H groups in total. The number of benzene rings is 1. The first-order valence-corrected chi connectivity index (χ1v) is 9.11. The summed E-state index contributed by atoms with van der Waals surface area (Å²) in [5, 5.41) is 5.28. The second kappa shape index (κ2) is 6.29. The zero-order valence-electron chi connectivity index (χ0n) is 12.6. The van der Waals surface area contributed by atoms with Crippen molar-refractivity contribution in [3.63, 3.8) is 0 Å². The van der Waals surface area contributed by atoms with Gasteiger partial charge < -0.3 is 10.6 Å². The highest BCUT2D eigenvalue weighted by molar-refractivity contribution is 7.89. The summed E-state index contributed by atoms with van der Waals surface area (Å²) in [6.45, 7) is 1.12. The maximum Gasteiger partial charge on any atom is 0.246 e. The van der Waals surface area contributed by atoms with Gasteiger partial charge in [0.05, 0.1) is 4.90 Å². The highest BCUT2D eigenvalue weighted by Gasteiger charge is 2.28. The second-order valence-electron chi connectivity index (χ2n) is 5.78. The molecule has 0 saturated carbocycles. The fourth-order valence-electron chi connectivity index (χ4n) is 2.83. The SMILES string of the molecule is O=C1CCC(C(=O)Nc2ccc(S(=O)(=O)N3CCCC3)cc2)N1. The molecule has 0 aromatic heterocycles. The number of carbonyl (C=O) groups excluding carboxylic acids is 2. The minimum absolute atomic E-state index is 0.128. The average molecular weight is 337 g/mol. The molecule has 124 valence electrons. The smallest absolute Gasteiger partial charge is 0.246 e. The van der Waals surface area contributed by atoms with Crippen LogP contribution in [0.3, 0.4) is 0 Å². The quantitative estimate of drug-likeness (QED) is 0.845. The van der Waals surface area contributed by atoms with Gasteiger partial charge in [-0.2, -0.15) is 4.31 Å². The van der Waals surface area contributed by atoms with Crippen LogP contribution < -0.4 is 10.6 Å². The molecule has 1 unspecified atom stereocenters. The third kappa shape index (κ3) is 3.37. The third-order valence-corrected chi connectivity index (χ3v) is 6.05. The van der Waals surface area contributed by atoms with Gasteiger partial charge in [-0.25, -0.2) is 8.42 Å². The van der Waals surface area contributed by atoms with Gasteiger partial charge in [0.15, 0.2) is 0 Å². The molecule has 3 rings (SSSR count).